The van der Waals surface area contributed by atoms with Gasteiger partial charge in [-0.05, 0) is 37.5 Å². The molecule has 6 nitrogen and oxygen atoms in total. The predicted molar refractivity (Wildman–Crippen MR) is 74.4 cm³/mol. The number of aliphatic hydroxyl groups is 1. The molecule has 2 aromatic rings. The Labute approximate surface area is 116 Å². The van der Waals surface area contributed by atoms with Gasteiger partial charge in [-0.15, -0.1) is 10.2 Å². The molecule has 0 atom stereocenters. The van der Waals surface area contributed by atoms with E-state index in [0.29, 0.717) is 24.4 Å². The van der Waals surface area contributed by atoms with Crippen molar-refractivity contribution in [3.05, 3.63) is 23.9 Å². The molecule has 2 heterocycles. The van der Waals surface area contributed by atoms with Gasteiger partial charge in [0.1, 0.15) is 0 Å². The first kappa shape index (κ1) is 13.1. The second kappa shape index (κ2) is 4.86. The summed E-state index contributed by atoms with van der Waals surface area (Å²) in [6.45, 7) is 1.97. The van der Waals surface area contributed by atoms with Gasteiger partial charge in [0.05, 0.1) is 12.0 Å². The lowest BCUT2D eigenvalue weighted by molar-refractivity contribution is -0.120. The second-order valence-electron chi connectivity index (χ2n) is 5.61. The summed E-state index contributed by atoms with van der Waals surface area (Å²) in [7, 11) is 0. The highest BCUT2D eigenvalue weighted by molar-refractivity contribution is 5.90. The van der Waals surface area contributed by atoms with Gasteiger partial charge in [-0.1, -0.05) is 12.8 Å². The van der Waals surface area contributed by atoms with Crippen LogP contribution < -0.4 is 5.32 Å². The Balaban J connectivity index is 1.74. The normalized spacial score (nSPS) is 17.5. The number of amides is 1. The standard InChI is InChI=1S/C14H18N4O2/c1-10-4-7-18-11(8-10)16-17-13(18)15-12(19)9-14(20)5-2-3-6-14/h4,7-8,20H,2-3,5-6,9H2,1H3,(H,15,17,19). The zero-order valence-corrected chi connectivity index (χ0v) is 11.5. The lowest BCUT2D eigenvalue weighted by Crippen LogP contribution is -2.31. The monoisotopic (exact) mass is 274 g/mol. The van der Waals surface area contributed by atoms with Crippen molar-refractivity contribution in [2.24, 2.45) is 0 Å². The van der Waals surface area contributed by atoms with Crippen LogP contribution in [0, 0.1) is 6.92 Å². The third-order valence-electron chi connectivity index (χ3n) is 3.84. The fourth-order valence-electron chi connectivity index (χ4n) is 2.76. The van der Waals surface area contributed by atoms with E-state index < -0.39 is 5.60 Å². The van der Waals surface area contributed by atoms with Crippen LogP contribution in [0.25, 0.3) is 5.65 Å². The molecule has 20 heavy (non-hydrogen) atoms. The van der Waals surface area contributed by atoms with E-state index in [1.54, 1.807) is 4.40 Å². The number of nitrogens with one attached hydrogen (secondary N) is 1. The summed E-state index contributed by atoms with van der Waals surface area (Å²) < 4.78 is 1.73. The summed E-state index contributed by atoms with van der Waals surface area (Å²) in [5.41, 5.74) is 0.934. The number of pyridine rings is 1. The maximum absolute atomic E-state index is 12.0. The third-order valence-corrected chi connectivity index (χ3v) is 3.84. The third kappa shape index (κ3) is 2.51. The van der Waals surface area contributed by atoms with E-state index in [1.807, 2.05) is 25.3 Å². The van der Waals surface area contributed by atoms with Crippen LogP contribution in [0.1, 0.15) is 37.7 Å². The van der Waals surface area contributed by atoms with Gasteiger partial charge in [0, 0.05) is 6.20 Å². The van der Waals surface area contributed by atoms with E-state index in [-0.39, 0.29) is 12.3 Å². The van der Waals surface area contributed by atoms with Gasteiger partial charge in [-0.3, -0.25) is 14.5 Å². The predicted octanol–water partition coefficient (Wildman–Crippen LogP) is 1.67. The van der Waals surface area contributed by atoms with Gasteiger partial charge in [0.15, 0.2) is 5.65 Å². The Morgan fingerprint density at radius 3 is 2.95 bits per heavy atom. The number of rotatable bonds is 3. The zero-order valence-electron chi connectivity index (χ0n) is 11.5. The molecule has 3 rings (SSSR count). The van der Waals surface area contributed by atoms with Crippen molar-refractivity contribution in [1.82, 2.24) is 14.6 Å². The Hall–Kier alpha value is -1.95. The van der Waals surface area contributed by atoms with Crippen molar-refractivity contribution in [1.29, 1.82) is 0 Å². The summed E-state index contributed by atoms with van der Waals surface area (Å²) >= 11 is 0. The second-order valence-corrected chi connectivity index (χ2v) is 5.61. The van der Waals surface area contributed by atoms with Gasteiger partial charge in [-0.25, -0.2) is 0 Å². The highest BCUT2D eigenvalue weighted by atomic mass is 16.3. The fourth-order valence-corrected chi connectivity index (χ4v) is 2.76. The summed E-state index contributed by atoms with van der Waals surface area (Å²) in [5, 5.41) is 21.0. The lowest BCUT2D eigenvalue weighted by Gasteiger charge is -2.20. The molecule has 2 aromatic heterocycles. The highest BCUT2D eigenvalue weighted by Crippen LogP contribution is 2.32. The minimum atomic E-state index is -0.846. The average Bonchev–Trinajstić information content (AvgIpc) is 2.96. The van der Waals surface area contributed by atoms with Gasteiger partial charge in [0.2, 0.25) is 11.9 Å². The minimum absolute atomic E-state index is 0.119. The number of hydrogen-bond acceptors (Lipinski definition) is 4. The van der Waals surface area contributed by atoms with Gasteiger partial charge >= 0.3 is 0 Å². The van der Waals surface area contributed by atoms with Crippen LogP contribution >= 0.6 is 0 Å². The molecule has 0 aliphatic heterocycles. The van der Waals surface area contributed by atoms with E-state index in [9.17, 15) is 9.90 Å². The van der Waals surface area contributed by atoms with Crippen molar-refractivity contribution < 1.29 is 9.90 Å². The minimum Gasteiger partial charge on any atom is -0.389 e. The molecule has 0 radical (unpaired) electrons. The van der Waals surface area contributed by atoms with Gasteiger partial charge in [0.25, 0.3) is 0 Å². The van der Waals surface area contributed by atoms with Crippen molar-refractivity contribution in [2.75, 3.05) is 5.32 Å². The maximum Gasteiger partial charge on any atom is 0.235 e. The first-order valence-electron chi connectivity index (χ1n) is 6.89. The molecule has 1 fully saturated rings. The number of aryl methyl sites for hydroxylation is 1. The van der Waals surface area contributed by atoms with E-state index in [2.05, 4.69) is 15.5 Å². The number of aromatic nitrogens is 3. The molecule has 0 bridgehead atoms. The molecule has 0 aromatic carbocycles. The fraction of sp³-hybridized carbons (Fsp3) is 0.500. The van der Waals surface area contributed by atoms with Crippen LogP contribution in [0.2, 0.25) is 0 Å². The summed E-state index contributed by atoms with van der Waals surface area (Å²) in [4.78, 5) is 12.0. The molecular formula is C14H18N4O2. The number of nitrogens with zero attached hydrogens (tertiary/aromatic N) is 3. The first-order valence-corrected chi connectivity index (χ1v) is 6.89. The molecule has 0 unspecified atom stereocenters. The molecule has 2 N–H and O–H groups in total. The van der Waals surface area contributed by atoms with Crippen molar-refractivity contribution in [2.45, 2.75) is 44.6 Å². The Morgan fingerprint density at radius 2 is 2.20 bits per heavy atom. The maximum atomic E-state index is 12.0. The van der Waals surface area contributed by atoms with Crippen LogP contribution in [0.15, 0.2) is 18.3 Å². The number of anilines is 1. The number of carbonyl (C=O) groups excluding carboxylic acids is 1. The van der Waals surface area contributed by atoms with E-state index in [1.165, 1.54) is 0 Å². The Morgan fingerprint density at radius 1 is 1.45 bits per heavy atom. The Kier molecular flexibility index (Phi) is 3.17. The highest BCUT2D eigenvalue weighted by Gasteiger charge is 2.33. The molecule has 1 saturated carbocycles. The summed E-state index contributed by atoms with van der Waals surface area (Å²) in [5.74, 6) is 0.177. The van der Waals surface area contributed by atoms with E-state index >= 15 is 0 Å². The smallest absolute Gasteiger partial charge is 0.235 e. The number of hydrogen-bond donors (Lipinski definition) is 2. The van der Waals surface area contributed by atoms with Gasteiger partial charge in [-0.2, -0.15) is 0 Å². The molecule has 106 valence electrons. The molecule has 1 amide bonds. The first-order chi connectivity index (χ1) is 9.56. The van der Waals surface area contributed by atoms with E-state index in [0.717, 1.165) is 18.4 Å². The molecule has 0 saturated heterocycles. The van der Waals surface area contributed by atoms with Crippen LogP contribution in [0.5, 0.6) is 0 Å². The van der Waals surface area contributed by atoms with Crippen LogP contribution in [-0.4, -0.2) is 31.2 Å². The Bertz CT molecular complexity index is 644. The molecular weight excluding hydrogens is 256 g/mol. The summed E-state index contributed by atoms with van der Waals surface area (Å²) in [6, 6.07) is 3.82. The van der Waals surface area contributed by atoms with Crippen molar-refractivity contribution in [3.8, 4) is 0 Å². The molecule has 1 aliphatic rings. The number of carbonyl (C=O) groups is 1. The largest absolute Gasteiger partial charge is 0.389 e. The SMILES string of the molecule is Cc1ccn2c(NC(=O)CC3(O)CCCC3)nnc2c1. The van der Waals surface area contributed by atoms with Crippen molar-refractivity contribution >= 4 is 17.5 Å². The van der Waals surface area contributed by atoms with Crippen LogP contribution in [0.3, 0.4) is 0 Å². The molecule has 0 spiro atoms. The van der Waals surface area contributed by atoms with Gasteiger partial charge < -0.3 is 5.11 Å². The quantitative estimate of drug-likeness (QED) is 0.892. The van der Waals surface area contributed by atoms with Crippen molar-refractivity contribution in [3.63, 3.8) is 0 Å². The number of fused-ring (bicyclic) bond motifs is 1. The van der Waals surface area contributed by atoms with Crippen LogP contribution in [0.4, 0.5) is 5.95 Å². The lowest BCUT2D eigenvalue weighted by atomic mass is 9.98. The zero-order chi connectivity index (χ0) is 14.2. The topological polar surface area (TPSA) is 79.5 Å². The molecule has 1 aliphatic carbocycles. The summed E-state index contributed by atoms with van der Waals surface area (Å²) in [6.07, 6.45) is 5.30. The van der Waals surface area contributed by atoms with E-state index in [4.69, 9.17) is 0 Å². The molecule has 6 heteroatoms. The average molecular weight is 274 g/mol. The van der Waals surface area contributed by atoms with Crippen LogP contribution in [-0.2, 0) is 4.79 Å².